The van der Waals surface area contributed by atoms with Crippen molar-refractivity contribution >= 4 is 39.1 Å². The lowest BCUT2D eigenvalue weighted by molar-refractivity contribution is -0.119. The summed E-state index contributed by atoms with van der Waals surface area (Å²) in [7, 11) is 0. The number of likely N-dealkylation sites (N-methyl/N-ethyl adjacent to an activating group) is 1. The Morgan fingerprint density at radius 2 is 2.07 bits per heavy atom. The standard InChI is InChI=1S/C20H21N3O4S/c1-4-23(14-8-6-7-13(3)9-14)16(24)10-22-12-21-18-17(19(22)25)15(11-28-18)20(26)27-5-2/h6-9,11-12H,4-5,10H2,1-3H3. The van der Waals surface area contributed by atoms with E-state index in [4.69, 9.17) is 4.74 Å². The number of ether oxygens (including phenoxy) is 1. The SMILES string of the molecule is CCOC(=O)c1csc2ncn(CC(=O)N(CC)c3cccc(C)c3)c(=O)c12. The van der Waals surface area contributed by atoms with Crippen molar-refractivity contribution in [3.05, 3.63) is 57.5 Å². The van der Waals surface area contributed by atoms with Crippen molar-refractivity contribution in [2.45, 2.75) is 27.3 Å². The van der Waals surface area contributed by atoms with Crippen molar-refractivity contribution in [1.82, 2.24) is 9.55 Å². The van der Waals surface area contributed by atoms with Crippen LogP contribution in [0.5, 0.6) is 0 Å². The number of benzene rings is 1. The Hall–Kier alpha value is -3.00. The molecule has 0 fully saturated rings. The summed E-state index contributed by atoms with van der Waals surface area (Å²) in [5.74, 6) is -0.795. The number of rotatable bonds is 6. The third-order valence-electron chi connectivity index (χ3n) is 4.29. The Labute approximate surface area is 166 Å². The van der Waals surface area contributed by atoms with Crippen LogP contribution in [0.4, 0.5) is 5.69 Å². The molecule has 28 heavy (non-hydrogen) atoms. The van der Waals surface area contributed by atoms with Gasteiger partial charge in [-0.15, -0.1) is 11.3 Å². The molecule has 0 radical (unpaired) electrons. The third-order valence-corrected chi connectivity index (χ3v) is 5.18. The van der Waals surface area contributed by atoms with E-state index in [-0.39, 0.29) is 30.0 Å². The minimum absolute atomic E-state index is 0.165. The zero-order valence-electron chi connectivity index (χ0n) is 16.0. The topological polar surface area (TPSA) is 81.5 Å². The van der Waals surface area contributed by atoms with Gasteiger partial charge in [0.15, 0.2) is 0 Å². The summed E-state index contributed by atoms with van der Waals surface area (Å²) in [6, 6.07) is 7.62. The average Bonchev–Trinajstić information content (AvgIpc) is 3.10. The maximum Gasteiger partial charge on any atom is 0.339 e. The van der Waals surface area contributed by atoms with Gasteiger partial charge < -0.3 is 9.64 Å². The second kappa shape index (κ2) is 8.35. The Morgan fingerprint density at radius 3 is 2.75 bits per heavy atom. The molecule has 3 aromatic rings. The Kier molecular flexibility index (Phi) is 5.89. The van der Waals surface area contributed by atoms with Gasteiger partial charge in [0.1, 0.15) is 11.4 Å². The van der Waals surface area contributed by atoms with Crippen molar-refractivity contribution in [1.29, 1.82) is 0 Å². The highest BCUT2D eigenvalue weighted by atomic mass is 32.1. The van der Waals surface area contributed by atoms with Gasteiger partial charge in [-0.3, -0.25) is 14.2 Å². The van der Waals surface area contributed by atoms with Gasteiger partial charge >= 0.3 is 5.97 Å². The molecule has 0 N–H and O–H groups in total. The second-order valence-electron chi connectivity index (χ2n) is 6.20. The summed E-state index contributed by atoms with van der Waals surface area (Å²) in [6.07, 6.45) is 1.35. The van der Waals surface area contributed by atoms with Crippen LogP contribution in [0.1, 0.15) is 29.8 Å². The van der Waals surface area contributed by atoms with Crippen molar-refractivity contribution in [2.24, 2.45) is 0 Å². The van der Waals surface area contributed by atoms with E-state index in [1.807, 2.05) is 38.1 Å². The molecule has 1 amide bonds. The summed E-state index contributed by atoms with van der Waals surface area (Å²) in [4.78, 5) is 44.2. The zero-order valence-corrected chi connectivity index (χ0v) is 16.8. The highest BCUT2D eigenvalue weighted by Crippen LogP contribution is 2.22. The molecule has 3 rings (SSSR count). The highest BCUT2D eigenvalue weighted by molar-refractivity contribution is 7.17. The van der Waals surface area contributed by atoms with E-state index in [2.05, 4.69) is 4.98 Å². The largest absolute Gasteiger partial charge is 0.462 e. The summed E-state index contributed by atoms with van der Waals surface area (Å²) in [6.45, 7) is 6.05. The van der Waals surface area contributed by atoms with E-state index in [9.17, 15) is 14.4 Å². The van der Waals surface area contributed by atoms with Gasteiger partial charge in [0.25, 0.3) is 5.56 Å². The van der Waals surface area contributed by atoms with Gasteiger partial charge in [-0.25, -0.2) is 9.78 Å². The van der Waals surface area contributed by atoms with Crippen LogP contribution in [0, 0.1) is 6.92 Å². The fraction of sp³-hybridized carbons (Fsp3) is 0.300. The number of anilines is 1. The quantitative estimate of drug-likeness (QED) is 0.595. The van der Waals surface area contributed by atoms with Crippen LogP contribution in [-0.4, -0.2) is 34.6 Å². The summed E-state index contributed by atoms with van der Waals surface area (Å²) >= 11 is 1.20. The molecule has 8 heteroatoms. The number of thiophene rings is 1. The van der Waals surface area contributed by atoms with E-state index in [1.54, 1.807) is 17.2 Å². The van der Waals surface area contributed by atoms with Crippen molar-refractivity contribution in [2.75, 3.05) is 18.1 Å². The van der Waals surface area contributed by atoms with E-state index in [0.29, 0.717) is 11.4 Å². The first kappa shape index (κ1) is 19.8. The van der Waals surface area contributed by atoms with Gasteiger partial charge in [0, 0.05) is 17.6 Å². The molecule has 7 nitrogen and oxygen atoms in total. The number of amides is 1. The Morgan fingerprint density at radius 1 is 1.29 bits per heavy atom. The van der Waals surface area contributed by atoms with Crippen molar-refractivity contribution < 1.29 is 14.3 Å². The van der Waals surface area contributed by atoms with Crippen LogP contribution in [0.2, 0.25) is 0 Å². The number of fused-ring (bicyclic) bond motifs is 1. The number of hydrogen-bond acceptors (Lipinski definition) is 6. The molecule has 146 valence electrons. The molecule has 0 bridgehead atoms. The fourth-order valence-electron chi connectivity index (χ4n) is 2.97. The maximum atomic E-state index is 12.9. The number of hydrogen-bond donors (Lipinski definition) is 0. The molecule has 0 aliphatic rings. The normalized spacial score (nSPS) is 10.8. The lowest BCUT2D eigenvalue weighted by atomic mass is 10.2. The smallest absolute Gasteiger partial charge is 0.339 e. The van der Waals surface area contributed by atoms with E-state index >= 15 is 0 Å². The van der Waals surface area contributed by atoms with Crippen LogP contribution in [0.25, 0.3) is 10.2 Å². The Bertz CT molecular complexity index is 1090. The molecule has 0 spiro atoms. The second-order valence-corrected chi connectivity index (χ2v) is 7.06. The molecule has 0 aliphatic heterocycles. The number of carbonyl (C=O) groups is 2. The van der Waals surface area contributed by atoms with Crippen LogP contribution < -0.4 is 10.5 Å². The number of aryl methyl sites for hydroxylation is 1. The molecule has 0 saturated carbocycles. The van der Waals surface area contributed by atoms with Crippen molar-refractivity contribution in [3.63, 3.8) is 0 Å². The maximum absolute atomic E-state index is 12.9. The summed E-state index contributed by atoms with van der Waals surface area (Å²) in [5, 5.41) is 1.76. The van der Waals surface area contributed by atoms with Gasteiger partial charge in [-0.05, 0) is 38.5 Å². The molecule has 0 saturated heterocycles. The molecule has 1 aromatic carbocycles. The lowest BCUT2D eigenvalue weighted by Crippen LogP contribution is -2.36. The molecule has 2 aromatic heterocycles. The predicted molar refractivity (Wildman–Crippen MR) is 109 cm³/mol. The van der Waals surface area contributed by atoms with Gasteiger partial charge in [-0.2, -0.15) is 0 Å². The van der Waals surface area contributed by atoms with E-state index in [0.717, 1.165) is 11.3 Å². The average molecular weight is 399 g/mol. The fourth-order valence-corrected chi connectivity index (χ4v) is 3.84. The minimum atomic E-state index is -0.563. The zero-order chi connectivity index (χ0) is 20.3. The number of carbonyl (C=O) groups excluding carboxylic acids is 2. The summed E-state index contributed by atoms with van der Waals surface area (Å²) in [5.41, 5.74) is 1.58. The monoisotopic (exact) mass is 399 g/mol. The van der Waals surface area contributed by atoms with Crippen LogP contribution >= 0.6 is 11.3 Å². The van der Waals surface area contributed by atoms with Gasteiger partial charge in [-0.1, -0.05) is 12.1 Å². The first-order valence-corrected chi connectivity index (χ1v) is 9.85. The molecular formula is C20H21N3O4S. The van der Waals surface area contributed by atoms with Crippen LogP contribution in [-0.2, 0) is 16.1 Å². The molecule has 2 heterocycles. The van der Waals surface area contributed by atoms with Gasteiger partial charge in [0.05, 0.1) is 23.9 Å². The Balaban J connectivity index is 1.94. The van der Waals surface area contributed by atoms with Crippen LogP contribution in [0.3, 0.4) is 0 Å². The predicted octanol–water partition coefficient (Wildman–Crippen LogP) is 3.00. The molecular weight excluding hydrogens is 378 g/mol. The van der Waals surface area contributed by atoms with Crippen LogP contribution in [0.15, 0.2) is 40.8 Å². The summed E-state index contributed by atoms with van der Waals surface area (Å²) < 4.78 is 6.25. The third kappa shape index (κ3) is 3.82. The highest BCUT2D eigenvalue weighted by Gasteiger charge is 2.20. The number of esters is 1. The lowest BCUT2D eigenvalue weighted by Gasteiger charge is -2.22. The first-order valence-electron chi connectivity index (χ1n) is 8.97. The first-order chi connectivity index (χ1) is 13.5. The van der Waals surface area contributed by atoms with E-state index in [1.165, 1.54) is 22.2 Å². The minimum Gasteiger partial charge on any atom is -0.462 e. The van der Waals surface area contributed by atoms with Crippen molar-refractivity contribution in [3.8, 4) is 0 Å². The molecule has 0 aliphatic carbocycles. The molecule has 0 unspecified atom stereocenters. The van der Waals surface area contributed by atoms with Gasteiger partial charge in [0.2, 0.25) is 5.91 Å². The number of aromatic nitrogens is 2. The number of nitrogens with zero attached hydrogens (tertiary/aromatic N) is 3. The molecule has 0 atom stereocenters. The van der Waals surface area contributed by atoms with E-state index < -0.39 is 11.5 Å².